The van der Waals surface area contributed by atoms with Crippen LogP contribution >= 0.6 is 27.5 Å². The zero-order chi connectivity index (χ0) is 24.1. The molecule has 0 radical (unpaired) electrons. The monoisotopic (exact) mass is 537 g/mol. The van der Waals surface area contributed by atoms with E-state index in [4.69, 9.17) is 21.3 Å². The van der Waals surface area contributed by atoms with Gasteiger partial charge in [0.25, 0.3) is 5.56 Å². The van der Waals surface area contributed by atoms with Crippen molar-refractivity contribution in [2.45, 2.75) is 39.7 Å². The van der Waals surface area contributed by atoms with Crippen LogP contribution < -0.4 is 10.3 Å². The first kappa shape index (κ1) is 24.2. The van der Waals surface area contributed by atoms with Crippen LogP contribution in [0.3, 0.4) is 0 Å². The second-order valence-corrected chi connectivity index (χ2v) is 9.47. The van der Waals surface area contributed by atoms with Gasteiger partial charge in [0.1, 0.15) is 18.2 Å². The van der Waals surface area contributed by atoms with Crippen LogP contribution in [0.2, 0.25) is 5.02 Å². The van der Waals surface area contributed by atoms with E-state index in [0.717, 1.165) is 22.9 Å². The van der Waals surface area contributed by atoms with Gasteiger partial charge in [-0.25, -0.2) is 4.98 Å². The topological polar surface area (TPSA) is 56.5 Å². The van der Waals surface area contributed by atoms with Crippen LogP contribution in [0, 0.1) is 6.92 Å². The lowest BCUT2D eigenvalue weighted by molar-refractivity contribution is 0.305. The van der Waals surface area contributed by atoms with Crippen LogP contribution in [0.25, 0.3) is 10.9 Å². The number of rotatable bonds is 8. The van der Waals surface area contributed by atoms with Gasteiger partial charge in [-0.05, 0) is 55.3 Å². The molecular weight excluding hydrogens is 514 g/mol. The van der Waals surface area contributed by atoms with Crippen LogP contribution in [-0.4, -0.2) is 15.9 Å². The van der Waals surface area contributed by atoms with Gasteiger partial charge in [-0.3, -0.25) is 4.79 Å². The van der Waals surface area contributed by atoms with Crippen LogP contribution in [0.4, 0.5) is 0 Å². The molecule has 4 aromatic rings. The first-order valence-corrected chi connectivity index (χ1v) is 12.3. The van der Waals surface area contributed by atoms with Crippen LogP contribution in [-0.2, 0) is 13.0 Å². The number of unbranched alkanes of at least 4 members (excludes halogenated alkanes) is 1. The third-order valence-corrected chi connectivity index (χ3v) is 6.12. The van der Waals surface area contributed by atoms with E-state index < -0.39 is 0 Å². The Morgan fingerprint density at radius 3 is 2.79 bits per heavy atom. The Bertz CT molecular complexity index is 1420. The van der Waals surface area contributed by atoms with Crippen molar-refractivity contribution < 1.29 is 4.74 Å². The zero-order valence-corrected chi connectivity index (χ0v) is 21.4. The Morgan fingerprint density at radius 2 is 2.00 bits per heavy atom. The number of aromatic nitrogens is 2. The quantitative estimate of drug-likeness (QED) is 0.229. The molecule has 0 unspecified atom stereocenters. The van der Waals surface area contributed by atoms with Crippen molar-refractivity contribution >= 4 is 44.6 Å². The number of hydrogen-bond donors (Lipinski definition) is 0. The van der Waals surface area contributed by atoms with Crippen LogP contribution in [0.1, 0.15) is 42.3 Å². The molecule has 1 aromatic heterocycles. The summed E-state index contributed by atoms with van der Waals surface area (Å²) in [6.07, 6.45) is 4.16. The molecule has 0 N–H and O–H groups in total. The van der Waals surface area contributed by atoms with Gasteiger partial charge in [-0.15, -0.1) is 0 Å². The highest BCUT2D eigenvalue weighted by Crippen LogP contribution is 2.23. The first-order chi connectivity index (χ1) is 16.4. The van der Waals surface area contributed by atoms with Gasteiger partial charge in [0, 0.05) is 21.5 Å². The molecule has 1 heterocycles. The fraction of sp³-hybridized carbons (Fsp3) is 0.222. The normalized spacial score (nSPS) is 11.4. The lowest BCUT2D eigenvalue weighted by Crippen LogP contribution is -2.22. The lowest BCUT2D eigenvalue weighted by atomic mass is 10.1. The van der Waals surface area contributed by atoms with Gasteiger partial charge in [0.2, 0.25) is 0 Å². The average Bonchev–Trinajstić information content (AvgIpc) is 2.82. The number of halogens is 2. The molecule has 0 bridgehead atoms. The van der Waals surface area contributed by atoms with Crippen molar-refractivity contribution in [3.63, 3.8) is 0 Å². The Morgan fingerprint density at radius 1 is 1.15 bits per heavy atom. The van der Waals surface area contributed by atoms with Crippen molar-refractivity contribution in [3.8, 4) is 5.75 Å². The number of fused-ring (bicyclic) bond motifs is 1. The van der Waals surface area contributed by atoms with Crippen molar-refractivity contribution in [3.05, 3.63) is 103 Å². The molecule has 0 aliphatic rings. The minimum absolute atomic E-state index is 0.210. The summed E-state index contributed by atoms with van der Waals surface area (Å²) in [5.74, 6) is 1.26. The molecule has 0 aliphatic carbocycles. The van der Waals surface area contributed by atoms with Crippen molar-refractivity contribution in [1.29, 1.82) is 0 Å². The molecule has 5 nitrogen and oxygen atoms in total. The molecule has 7 heteroatoms. The molecule has 174 valence electrons. The number of hydrogen-bond acceptors (Lipinski definition) is 4. The molecule has 0 atom stereocenters. The number of ether oxygens (including phenoxy) is 1. The van der Waals surface area contributed by atoms with E-state index >= 15 is 0 Å². The lowest BCUT2D eigenvalue weighted by Gasteiger charge is -2.11. The summed E-state index contributed by atoms with van der Waals surface area (Å²) >= 11 is 9.70. The third-order valence-electron chi connectivity index (χ3n) is 5.39. The smallest absolute Gasteiger partial charge is 0.282 e. The maximum absolute atomic E-state index is 13.3. The van der Waals surface area contributed by atoms with E-state index in [1.54, 1.807) is 24.4 Å². The van der Waals surface area contributed by atoms with Gasteiger partial charge in [-0.1, -0.05) is 70.7 Å². The van der Waals surface area contributed by atoms with E-state index in [9.17, 15) is 4.79 Å². The Labute approximate surface area is 212 Å². The first-order valence-electron chi connectivity index (χ1n) is 11.2. The summed E-state index contributed by atoms with van der Waals surface area (Å²) in [4.78, 5) is 18.0. The van der Waals surface area contributed by atoms with Gasteiger partial charge < -0.3 is 4.74 Å². The van der Waals surface area contributed by atoms with E-state index in [2.05, 4.69) is 34.0 Å². The molecule has 0 fully saturated rings. The highest BCUT2D eigenvalue weighted by atomic mass is 79.9. The zero-order valence-electron chi connectivity index (χ0n) is 19.1. The summed E-state index contributed by atoms with van der Waals surface area (Å²) in [5, 5.41) is 5.61. The molecule has 4 rings (SSSR count). The predicted molar refractivity (Wildman–Crippen MR) is 142 cm³/mol. The number of nitrogens with zero attached hydrogens (tertiary/aromatic N) is 3. The molecule has 0 saturated carbocycles. The fourth-order valence-corrected chi connectivity index (χ4v) is 4.19. The maximum Gasteiger partial charge on any atom is 0.282 e. The number of benzene rings is 3. The van der Waals surface area contributed by atoms with Crippen LogP contribution in [0.5, 0.6) is 5.75 Å². The third kappa shape index (κ3) is 5.75. The standard InChI is InChI=1S/C27H25BrClN3O2/c1-3-4-8-26-31-24-11-9-21(28)15-23(24)27(33)32(26)30-16-20-14-22(29)10-12-25(20)34-17-19-7-5-6-18(2)13-19/h5-7,9-16H,3-4,8,17H2,1-2H3. The summed E-state index contributed by atoms with van der Waals surface area (Å²) < 4.78 is 8.28. The Hall–Kier alpha value is -2.96. The van der Waals surface area contributed by atoms with Crippen molar-refractivity contribution in [2.24, 2.45) is 5.10 Å². The largest absolute Gasteiger partial charge is 0.488 e. The Kier molecular flexibility index (Phi) is 7.80. The summed E-state index contributed by atoms with van der Waals surface area (Å²) in [6.45, 7) is 4.57. The predicted octanol–water partition coefficient (Wildman–Crippen LogP) is 6.92. The maximum atomic E-state index is 13.3. The second kappa shape index (κ2) is 11.0. The van der Waals surface area contributed by atoms with E-state index in [1.165, 1.54) is 10.2 Å². The molecule has 34 heavy (non-hydrogen) atoms. The average molecular weight is 539 g/mol. The molecular formula is C27H25BrClN3O2. The van der Waals surface area contributed by atoms with Gasteiger partial charge in [0.15, 0.2) is 0 Å². The Balaban J connectivity index is 1.71. The van der Waals surface area contributed by atoms with E-state index in [0.29, 0.717) is 46.1 Å². The molecule has 0 saturated heterocycles. The highest BCUT2D eigenvalue weighted by Gasteiger charge is 2.12. The molecule has 3 aromatic carbocycles. The van der Waals surface area contributed by atoms with E-state index in [-0.39, 0.29) is 5.56 Å². The summed E-state index contributed by atoms with van der Waals surface area (Å²) in [5.41, 5.74) is 3.38. The second-order valence-electron chi connectivity index (χ2n) is 8.11. The molecule has 0 amide bonds. The van der Waals surface area contributed by atoms with Gasteiger partial charge >= 0.3 is 0 Å². The fourth-order valence-electron chi connectivity index (χ4n) is 3.65. The molecule has 0 aliphatic heterocycles. The summed E-state index contributed by atoms with van der Waals surface area (Å²) in [7, 11) is 0. The molecule has 0 spiro atoms. The van der Waals surface area contributed by atoms with Crippen molar-refractivity contribution in [1.82, 2.24) is 9.66 Å². The van der Waals surface area contributed by atoms with Crippen molar-refractivity contribution in [2.75, 3.05) is 0 Å². The van der Waals surface area contributed by atoms with Gasteiger partial charge in [-0.2, -0.15) is 9.78 Å². The van der Waals surface area contributed by atoms with Crippen LogP contribution in [0.15, 0.2) is 75.0 Å². The minimum atomic E-state index is -0.210. The summed E-state index contributed by atoms with van der Waals surface area (Å²) in [6, 6.07) is 19.0. The van der Waals surface area contributed by atoms with E-state index in [1.807, 2.05) is 43.3 Å². The SMILES string of the molecule is CCCCc1nc2ccc(Br)cc2c(=O)n1N=Cc1cc(Cl)ccc1OCc1cccc(C)c1. The highest BCUT2D eigenvalue weighted by molar-refractivity contribution is 9.10. The minimum Gasteiger partial charge on any atom is -0.488 e. The van der Waals surface area contributed by atoms with Gasteiger partial charge in [0.05, 0.1) is 17.1 Å². The number of aryl methyl sites for hydroxylation is 2.